The highest BCUT2D eigenvalue weighted by molar-refractivity contribution is 7.89. The molecule has 1 fully saturated rings. The molecule has 11 heteroatoms. The number of amides is 2. The number of alkyl halides is 3. The van der Waals surface area contributed by atoms with Crippen molar-refractivity contribution in [3.8, 4) is 16.9 Å². The van der Waals surface area contributed by atoms with E-state index in [4.69, 9.17) is 0 Å². The number of anilines is 1. The third-order valence-electron chi connectivity index (χ3n) is 7.50. The molecule has 39 heavy (non-hydrogen) atoms. The lowest BCUT2D eigenvalue weighted by atomic mass is 9.80. The topological polar surface area (TPSA) is 87.7 Å². The van der Waals surface area contributed by atoms with Crippen molar-refractivity contribution < 1.29 is 31.1 Å². The molecule has 1 aliphatic heterocycles. The Balaban J connectivity index is 1.40. The largest absolute Gasteiger partial charge is 0.573 e. The Morgan fingerprint density at radius 3 is 2.38 bits per heavy atom. The van der Waals surface area contributed by atoms with Crippen LogP contribution < -0.4 is 19.7 Å². The molecule has 7 nitrogen and oxygen atoms in total. The van der Waals surface area contributed by atoms with Crippen molar-refractivity contribution >= 4 is 21.7 Å². The van der Waals surface area contributed by atoms with Gasteiger partial charge >= 0.3 is 12.4 Å². The van der Waals surface area contributed by atoms with Gasteiger partial charge in [-0.05, 0) is 66.9 Å². The van der Waals surface area contributed by atoms with Gasteiger partial charge in [0, 0.05) is 29.8 Å². The number of sulfonamides is 1. The SMILES string of the molecule is CNS(=O)(=O)c1ccc(CNC(=O)N2CC3(CCCC3)c3cc(-c4ccccc4OC(F)(F)F)ccc32)cc1. The van der Waals surface area contributed by atoms with Crippen molar-refractivity contribution in [3.05, 3.63) is 77.9 Å². The van der Waals surface area contributed by atoms with Gasteiger partial charge in [0.05, 0.1) is 4.90 Å². The molecule has 3 aromatic rings. The minimum atomic E-state index is -4.81. The number of nitrogens with zero attached hydrogens (tertiary/aromatic N) is 1. The minimum absolute atomic E-state index is 0.134. The average Bonchev–Trinajstić information content (AvgIpc) is 3.52. The maximum Gasteiger partial charge on any atom is 0.573 e. The van der Waals surface area contributed by atoms with Gasteiger partial charge in [-0.15, -0.1) is 13.2 Å². The Hall–Kier alpha value is -3.57. The third-order valence-corrected chi connectivity index (χ3v) is 8.93. The van der Waals surface area contributed by atoms with Crippen LogP contribution in [0.5, 0.6) is 5.75 Å². The maximum absolute atomic E-state index is 13.3. The molecule has 1 saturated carbocycles. The van der Waals surface area contributed by atoms with Gasteiger partial charge in [0.1, 0.15) is 5.75 Å². The number of carbonyl (C=O) groups is 1. The van der Waals surface area contributed by atoms with Crippen LogP contribution in [-0.4, -0.2) is 34.4 Å². The lowest BCUT2D eigenvalue weighted by Crippen LogP contribution is -2.41. The molecule has 206 valence electrons. The molecule has 1 aliphatic carbocycles. The Labute approximate surface area is 225 Å². The summed E-state index contributed by atoms with van der Waals surface area (Å²) >= 11 is 0. The second-order valence-electron chi connectivity index (χ2n) is 9.86. The van der Waals surface area contributed by atoms with E-state index in [1.807, 2.05) is 6.07 Å². The predicted molar refractivity (Wildman–Crippen MR) is 141 cm³/mol. The molecular formula is C28H28F3N3O4S. The number of rotatable bonds is 6. The van der Waals surface area contributed by atoms with Gasteiger partial charge < -0.3 is 10.1 Å². The summed E-state index contributed by atoms with van der Waals surface area (Å²) in [6.07, 6.45) is -1.02. The summed E-state index contributed by atoms with van der Waals surface area (Å²) in [5.74, 6) is -0.272. The molecular weight excluding hydrogens is 531 g/mol. The summed E-state index contributed by atoms with van der Waals surface area (Å²) in [6, 6.07) is 17.4. The van der Waals surface area contributed by atoms with Crippen molar-refractivity contribution in [2.75, 3.05) is 18.5 Å². The summed E-state index contributed by atoms with van der Waals surface area (Å²) in [6.45, 7) is 0.690. The van der Waals surface area contributed by atoms with Crippen molar-refractivity contribution in [2.45, 2.75) is 48.9 Å². The number of ether oxygens (including phenoxy) is 1. The Morgan fingerprint density at radius 2 is 1.72 bits per heavy atom. The van der Waals surface area contributed by atoms with Crippen LogP contribution in [0.4, 0.5) is 23.7 Å². The second kappa shape index (κ2) is 10.2. The monoisotopic (exact) mass is 559 g/mol. The average molecular weight is 560 g/mol. The van der Waals surface area contributed by atoms with Crippen molar-refractivity contribution in [2.24, 2.45) is 0 Å². The highest BCUT2D eigenvalue weighted by atomic mass is 32.2. The fraction of sp³-hybridized carbons (Fsp3) is 0.321. The van der Waals surface area contributed by atoms with Gasteiger partial charge in [0.25, 0.3) is 0 Å². The summed E-state index contributed by atoms with van der Waals surface area (Å²) in [5, 5.41) is 2.92. The lowest BCUT2D eigenvalue weighted by molar-refractivity contribution is -0.274. The number of hydrogen-bond donors (Lipinski definition) is 2. The van der Waals surface area contributed by atoms with Crippen LogP contribution in [0, 0.1) is 0 Å². The maximum atomic E-state index is 13.3. The Bertz CT molecular complexity index is 1480. The standard InChI is InChI=1S/C28H28F3N3O4S/c1-32-39(36,37)21-11-8-19(9-12-21)17-33-26(35)34-18-27(14-4-5-15-27)23-16-20(10-13-24(23)34)22-6-2-3-7-25(22)38-28(29,30)31/h2-3,6-13,16,32H,4-5,14-15,17-18H2,1H3,(H,33,35). The zero-order valence-corrected chi connectivity index (χ0v) is 22.0. The first-order chi connectivity index (χ1) is 18.5. The van der Waals surface area contributed by atoms with Crippen molar-refractivity contribution in [1.29, 1.82) is 0 Å². The van der Waals surface area contributed by atoms with Crippen molar-refractivity contribution in [3.63, 3.8) is 0 Å². The smallest absolute Gasteiger partial charge is 0.405 e. The number of benzene rings is 3. The first-order valence-corrected chi connectivity index (χ1v) is 14.1. The fourth-order valence-electron chi connectivity index (χ4n) is 5.59. The van der Waals surface area contributed by atoms with Crippen LogP contribution in [-0.2, 0) is 22.0 Å². The summed E-state index contributed by atoms with van der Waals surface area (Å²) in [4.78, 5) is 15.2. The number of nitrogens with one attached hydrogen (secondary N) is 2. The molecule has 0 bridgehead atoms. The van der Waals surface area contributed by atoms with Gasteiger partial charge in [-0.1, -0.05) is 49.2 Å². The van der Waals surface area contributed by atoms with Gasteiger partial charge in [-0.25, -0.2) is 17.9 Å². The Kier molecular flexibility index (Phi) is 7.06. The summed E-state index contributed by atoms with van der Waals surface area (Å²) < 4.78 is 69.5. The molecule has 0 saturated heterocycles. The van der Waals surface area contributed by atoms with E-state index in [1.165, 1.54) is 31.3 Å². The molecule has 2 amide bonds. The van der Waals surface area contributed by atoms with Gasteiger partial charge in [-0.2, -0.15) is 0 Å². The minimum Gasteiger partial charge on any atom is -0.405 e. The Morgan fingerprint density at radius 1 is 1.03 bits per heavy atom. The van der Waals surface area contributed by atoms with Crippen LogP contribution in [0.3, 0.4) is 0 Å². The van der Waals surface area contributed by atoms with E-state index >= 15 is 0 Å². The van der Waals surface area contributed by atoms with Gasteiger partial charge in [-0.3, -0.25) is 4.90 Å². The van der Waals surface area contributed by atoms with E-state index in [9.17, 15) is 26.4 Å². The lowest BCUT2D eigenvalue weighted by Gasteiger charge is -2.25. The van der Waals surface area contributed by atoms with E-state index in [0.717, 1.165) is 42.5 Å². The highest BCUT2D eigenvalue weighted by Gasteiger charge is 2.46. The first kappa shape index (κ1) is 27.0. The summed E-state index contributed by atoms with van der Waals surface area (Å²) in [7, 11) is -2.21. The molecule has 1 heterocycles. The number of fused-ring (bicyclic) bond motifs is 2. The molecule has 0 atom stereocenters. The predicted octanol–water partition coefficient (Wildman–Crippen LogP) is 5.70. The zero-order valence-electron chi connectivity index (χ0n) is 21.2. The number of hydrogen-bond acceptors (Lipinski definition) is 4. The van der Waals surface area contributed by atoms with E-state index in [-0.39, 0.29) is 28.6 Å². The van der Waals surface area contributed by atoms with Crippen LogP contribution in [0.2, 0.25) is 0 Å². The molecule has 0 aromatic heterocycles. The van der Waals surface area contributed by atoms with Crippen LogP contribution >= 0.6 is 0 Å². The van der Waals surface area contributed by atoms with E-state index in [0.29, 0.717) is 17.7 Å². The molecule has 0 unspecified atom stereocenters. The number of carbonyl (C=O) groups excluding carboxylic acids is 1. The van der Waals surface area contributed by atoms with Crippen LogP contribution in [0.25, 0.3) is 11.1 Å². The normalized spacial score (nSPS) is 16.4. The quantitative estimate of drug-likeness (QED) is 0.406. The molecule has 0 radical (unpaired) electrons. The highest BCUT2D eigenvalue weighted by Crippen LogP contribution is 2.51. The van der Waals surface area contributed by atoms with E-state index < -0.39 is 16.4 Å². The number of para-hydroxylation sites is 1. The van der Waals surface area contributed by atoms with Gasteiger partial charge in [0.15, 0.2) is 0 Å². The molecule has 5 rings (SSSR count). The zero-order chi connectivity index (χ0) is 27.8. The van der Waals surface area contributed by atoms with E-state index in [2.05, 4.69) is 14.8 Å². The summed E-state index contributed by atoms with van der Waals surface area (Å²) in [5.41, 5.74) is 3.10. The molecule has 1 spiro atoms. The second-order valence-corrected chi connectivity index (χ2v) is 11.7. The van der Waals surface area contributed by atoms with Crippen molar-refractivity contribution in [1.82, 2.24) is 10.0 Å². The van der Waals surface area contributed by atoms with Gasteiger partial charge in [0.2, 0.25) is 10.0 Å². The fourth-order valence-corrected chi connectivity index (χ4v) is 6.32. The number of urea groups is 1. The van der Waals surface area contributed by atoms with Crippen LogP contribution in [0.1, 0.15) is 36.8 Å². The van der Waals surface area contributed by atoms with Crippen LogP contribution in [0.15, 0.2) is 71.6 Å². The number of halogens is 3. The molecule has 2 N–H and O–H groups in total. The third kappa shape index (κ3) is 5.46. The molecule has 2 aliphatic rings. The first-order valence-electron chi connectivity index (χ1n) is 12.6. The molecule has 3 aromatic carbocycles. The van der Waals surface area contributed by atoms with E-state index in [1.54, 1.807) is 41.3 Å².